The molecule has 11 heteroatoms. The average Bonchev–Trinajstić information content (AvgIpc) is 2.92. The number of carbonyl (C=O) groups is 1. The maximum Gasteiger partial charge on any atom is 0.261 e. The number of rotatable bonds is 9. The summed E-state index contributed by atoms with van der Waals surface area (Å²) in [4.78, 5) is 17.6. The first-order valence-corrected chi connectivity index (χ1v) is 15.6. The fourth-order valence-electron chi connectivity index (χ4n) is 4.76. The van der Waals surface area contributed by atoms with Crippen molar-refractivity contribution in [1.29, 1.82) is 0 Å². The van der Waals surface area contributed by atoms with E-state index < -0.39 is 16.1 Å². The number of anilines is 1. The molecule has 0 aliphatic carbocycles. The fraction of sp³-hybridized carbons (Fsp3) is 0.367. The second-order valence-electron chi connectivity index (χ2n) is 10.7. The smallest absolute Gasteiger partial charge is 0.261 e. The number of carbonyl (C=O) groups excluding carboxylic acids is 1. The molecule has 1 amide bonds. The van der Waals surface area contributed by atoms with Crippen LogP contribution < -0.4 is 9.46 Å². The lowest BCUT2D eigenvalue weighted by Gasteiger charge is -2.38. The van der Waals surface area contributed by atoms with Crippen LogP contribution in [0.3, 0.4) is 0 Å². The number of amides is 1. The van der Waals surface area contributed by atoms with E-state index in [2.05, 4.69) is 9.62 Å². The number of likely N-dealkylation sites (N-methyl/N-ethyl adjacent to an activating group) is 1. The summed E-state index contributed by atoms with van der Waals surface area (Å²) < 4.78 is 35.1. The number of fused-ring (bicyclic) bond motifs is 1. The third-order valence-corrected chi connectivity index (χ3v) is 9.31. The van der Waals surface area contributed by atoms with Crippen molar-refractivity contribution >= 4 is 44.8 Å². The SMILES string of the molecule is Cc1ccc(S(=O)(=O)Nc2ccc3c(c2)C(=O)N([C@@H](C)CO)C[C@@H](C)[C@H](CN(C)Cc2ccc(Cl)c(Cl)c2)O3)cc1. The van der Waals surface area contributed by atoms with Crippen LogP contribution >= 0.6 is 23.2 Å². The molecule has 0 aromatic heterocycles. The van der Waals surface area contributed by atoms with Gasteiger partial charge in [-0.2, -0.15) is 0 Å². The van der Waals surface area contributed by atoms with E-state index in [0.717, 1.165) is 11.1 Å². The van der Waals surface area contributed by atoms with Crippen LogP contribution in [0.25, 0.3) is 0 Å². The third-order valence-electron chi connectivity index (χ3n) is 7.18. The summed E-state index contributed by atoms with van der Waals surface area (Å²) in [5.74, 6) is -0.0626. The van der Waals surface area contributed by atoms with E-state index in [1.165, 1.54) is 18.2 Å². The topological polar surface area (TPSA) is 99.2 Å². The highest BCUT2D eigenvalue weighted by molar-refractivity contribution is 7.92. The molecule has 2 N–H and O–H groups in total. The summed E-state index contributed by atoms with van der Waals surface area (Å²) in [6, 6.07) is 16.3. The Morgan fingerprint density at radius 2 is 1.80 bits per heavy atom. The summed E-state index contributed by atoms with van der Waals surface area (Å²) in [6.07, 6.45) is -0.307. The number of hydrogen-bond donors (Lipinski definition) is 2. The van der Waals surface area contributed by atoms with E-state index in [-0.39, 0.29) is 40.7 Å². The summed E-state index contributed by atoms with van der Waals surface area (Å²) in [7, 11) is -1.90. The monoisotopic (exact) mass is 619 g/mol. The second-order valence-corrected chi connectivity index (χ2v) is 13.2. The molecule has 0 unspecified atom stereocenters. The zero-order chi connectivity index (χ0) is 29.9. The number of ether oxygens (including phenoxy) is 1. The van der Waals surface area contributed by atoms with Gasteiger partial charge in [0, 0.05) is 31.2 Å². The van der Waals surface area contributed by atoms with Gasteiger partial charge in [-0.15, -0.1) is 0 Å². The number of hydrogen-bond acceptors (Lipinski definition) is 6. The molecule has 0 fully saturated rings. The van der Waals surface area contributed by atoms with Crippen molar-refractivity contribution in [3.63, 3.8) is 0 Å². The predicted molar refractivity (Wildman–Crippen MR) is 162 cm³/mol. The van der Waals surface area contributed by atoms with Gasteiger partial charge in [-0.05, 0) is 68.9 Å². The van der Waals surface area contributed by atoms with Gasteiger partial charge in [-0.3, -0.25) is 14.4 Å². The highest BCUT2D eigenvalue weighted by Gasteiger charge is 2.33. The van der Waals surface area contributed by atoms with Crippen LogP contribution in [0.1, 0.15) is 35.3 Å². The van der Waals surface area contributed by atoms with E-state index in [9.17, 15) is 18.3 Å². The lowest BCUT2D eigenvalue weighted by Crippen LogP contribution is -2.49. The second kappa shape index (κ2) is 13.0. The van der Waals surface area contributed by atoms with Crippen LogP contribution in [0.5, 0.6) is 5.75 Å². The molecule has 0 saturated heterocycles. The first-order chi connectivity index (χ1) is 19.4. The molecule has 3 atom stereocenters. The Morgan fingerprint density at radius 3 is 2.46 bits per heavy atom. The van der Waals surface area contributed by atoms with Gasteiger partial charge >= 0.3 is 0 Å². The van der Waals surface area contributed by atoms with Crippen molar-refractivity contribution in [3.8, 4) is 5.75 Å². The molecule has 220 valence electrons. The Balaban J connectivity index is 1.62. The normalized spacial score (nSPS) is 18.3. The van der Waals surface area contributed by atoms with Gasteiger partial charge in [0.2, 0.25) is 0 Å². The maximum absolute atomic E-state index is 13.7. The maximum atomic E-state index is 13.7. The van der Waals surface area contributed by atoms with Crippen molar-refractivity contribution in [2.75, 3.05) is 31.5 Å². The Morgan fingerprint density at radius 1 is 1.10 bits per heavy atom. The Bertz CT molecular complexity index is 1500. The van der Waals surface area contributed by atoms with E-state index >= 15 is 0 Å². The summed E-state index contributed by atoms with van der Waals surface area (Å²) in [5.41, 5.74) is 2.40. The number of sulfonamides is 1. The van der Waals surface area contributed by atoms with Crippen molar-refractivity contribution < 1.29 is 23.1 Å². The molecule has 1 aliphatic heterocycles. The van der Waals surface area contributed by atoms with Crippen molar-refractivity contribution in [3.05, 3.63) is 87.4 Å². The number of nitrogens with one attached hydrogen (secondary N) is 1. The third kappa shape index (κ3) is 7.53. The molecule has 0 radical (unpaired) electrons. The van der Waals surface area contributed by atoms with Gasteiger partial charge in [0.05, 0.1) is 33.2 Å². The minimum atomic E-state index is -3.88. The van der Waals surface area contributed by atoms with E-state index in [4.69, 9.17) is 27.9 Å². The van der Waals surface area contributed by atoms with Crippen LogP contribution in [0.2, 0.25) is 10.0 Å². The van der Waals surface area contributed by atoms with Gasteiger partial charge in [-0.25, -0.2) is 8.42 Å². The standard InChI is InChI=1S/C30H35Cl2N3O5S/c1-19-5-9-24(10-6-19)41(38,39)33-23-8-12-28-25(14-23)30(37)35(21(3)18-36)15-20(2)29(40-28)17-34(4)16-22-7-11-26(31)27(32)13-22/h5-14,20-21,29,33,36H,15-18H2,1-4H3/t20-,21+,29+/m1/s1. The minimum absolute atomic E-state index is 0.0722. The van der Waals surface area contributed by atoms with E-state index in [1.54, 1.807) is 42.2 Å². The zero-order valence-corrected chi connectivity index (χ0v) is 25.8. The van der Waals surface area contributed by atoms with Crippen LogP contribution in [0.4, 0.5) is 5.69 Å². The van der Waals surface area contributed by atoms with Crippen LogP contribution in [0.15, 0.2) is 65.6 Å². The van der Waals surface area contributed by atoms with Crippen LogP contribution in [-0.2, 0) is 16.6 Å². The van der Waals surface area contributed by atoms with Gasteiger partial charge in [0.25, 0.3) is 15.9 Å². The predicted octanol–water partition coefficient (Wildman–Crippen LogP) is 5.45. The molecule has 41 heavy (non-hydrogen) atoms. The van der Waals surface area contributed by atoms with E-state index in [0.29, 0.717) is 35.4 Å². The average molecular weight is 621 g/mol. The molecule has 0 saturated carbocycles. The lowest BCUT2D eigenvalue weighted by molar-refractivity contribution is 0.0341. The van der Waals surface area contributed by atoms with Gasteiger partial charge in [0.15, 0.2) is 0 Å². The van der Waals surface area contributed by atoms with Gasteiger partial charge in [0.1, 0.15) is 11.9 Å². The Hall–Kier alpha value is -2.82. The minimum Gasteiger partial charge on any atom is -0.488 e. The quantitative estimate of drug-likeness (QED) is 0.330. The molecule has 3 aromatic carbocycles. The largest absolute Gasteiger partial charge is 0.488 e. The molecule has 8 nitrogen and oxygen atoms in total. The number of benzene rings is 3. The fourth-order valence-corrected chi connectivity index (χ4v) is 6.13. The molecule has 4 rings (SSSR count). The highest BCUT2D eigenvalue weighted by atomic mass is 35.5. The molecule has 0 bridgehead atoms. The molecular formula is C30H35Cl2N3O5S. The van der Waals surface area contributed by atoms with Crippen molar-refractivity contribution in [2.45, 2.75) is 44.4 Å². The number of halogens is 2. The lowest BCUT2D eigenvalue weighted by atomic mass is 9.99. The number of aliphatic hydroxyl groups excluding tert-OH is 1. The number of aryl methyl sites for hydroxylation is 1. The Labute approximate surface area is 251 Å². The summed E-state index contributed by atoms with van der Waals surface area (Å²) in [5, 5.41) is 10.9. The Kier molecular flexibility index (Phi) is 9.87. The van der Waals surface area contributed by atoms with Gasteiger partial charge in [-0.1, -0.05) is 53.9 Å². The zero-order valence-electron chi connectivity index (χ0n) is 23.5. The van der Waals surface area contributed by atoms with Crippen LogP contribution in [-0.4, -0.2) is 68.1 Å². The van der Waals surface area contributed by atoms with Gasteiger partial charge < -0.3 is 14.7 Å². The van der Waals surface area contributed by atoms with Crippen molar-refractivity contribution in [2.24, 2.45) is 5.92 Å². The van der Waals surface area contributed by atoms with E-state index in [1.807, 2.05) is 33.0 Å². The molecule has 0 spiro atoms. The van der Waals surface area contributed by atoms with Crippen LogP contribution in [0, 0.1) is 12.8 Å². The number of nitrogens with zero attached hydrogens (tertiary/aromatic N) is 2. The molecule has 1 aliphatic rings. The number of aliphatic hydroxyl groups is 1. The summed E-state index contributed by atoms with van der Waals surface area (Å²) >= 11 is 12.3. The first kappa shape index (κ1) is 31.1. The highest BCUT2D eigenvalue weighted by Crippen LogP contribution is 2.32. The summed E-state index contributed by atoms with van der Waals surface area (Å²) in [6.45, 7) is 6.95. The molecule has 3 aromatic rings. The molecular weight excluding hydrogens is 585 g/mol. The first-order valence-electron chi connectivity index (χ1n) is 13.3. The van der Waals surface area contributed by atoms with Crippen molar-refractivity contribution in [1.82, 2.24) is 9.80 Å². The molecule has 1 heterocycles.